The van der Waals surface area contributed by atoms with Gasteiger partial charge in [-0.2, -0.15) is 0 Å². The number of hydrogen-bond donors (Lipinski definition) is 2. The number of nitrogens with one attached hydrogen (secondary N) is 2. The molecule has 0 radical (unpaired) electrons. The smallest absolute Gasteiger partial charge is 0.240 e. The van der Waals surface area contributed by atoms with Gasteiger partial charge in [-0.15, -0.1) is 0 Å². The maximum absolute atomic E-state index is 12.1. The molecule has 1 fully saturated rings. The van der Waals surface area contributed by atoms with Crippen molar-refractivity contribution in [3.63, 3.8) is 0 Å². The molecule has 1 saturated carbocycles. The fourth-order valence-electron chi connectivity index (χ4n) is 2.81. The van der Waals surface area contributed by atoms with Gasteiger partial charge in [0.15, 0.2) is 0 Å². The number of hydrogen-bond acceptors (Lipinski definition) is 3. The van der Waals surface area contributed by atoms with Crippen molar-refractivity contribution < 1.29 is 13.2 Å². The van der Waals surface area contributed by atoms with E-state index in [1.54, 1.807) is 0 Å². The average molecular weight is 359 g/mol. The second-order valence-electron chi connectivity index (χ2n) is 6.04. The third-order valence-corrected chi connectivity index (χ3v) is 5.95. The van der Waals surface area contributed by atoms with Crippen LogP contribution < -0.4 is 10.0 Å². The molecule has 2 rings (SSSR count). The Morgan fingerprint density at radius 3 is 2.52 bits per heavy atom. The minimum atomic E-state index is -3.61. The number of benzene rings is 1. The molecule has 0 aromatic heterocycles. The average Bonchev–Trinajstić information content (AvgIpc) is 2.50. The van der Waals surface area contributed by atoms with Crippen LogP contribution in [0.5, 0.6) is 0 Å². The zero-order valence-electron chi connectivity index (χ0n) is 13.2. The zero-order chi connectivity index (χ0) is 16.9. The predicted octanol–water partition coefficient (Wildman–Crippen LogP) is 2.70. The molecule has 0 bridgehead atoms. The Morgan fingerprint density at radius 1 is 1.22 bits per heavy atom. The van der Waals surface area contributed by atoms with Crippen LogP contribution in [-0.2, 0) is 14.8 Å². The molecule has 0 heterocycles. The van der Waals surface area contributed by atoms with Gasteiger partial charge in [0.2, 0.25) is 15.9 Å². The van der Waals surface area contributed by atoms with E-state index in [9.17, 15) is 13.2 Å². The first kappa shape index (κ1) is 18.2. The molecule has 0 aliphatic heterocycles. The second kappa shape index (κ2) is 8.13. The van der Waals surface area contributed by atoms with Gasteiger partial charge in [0.1, 0.15) is 0 Å². The molecule has 1 aliphatic rings. The number of sulfonamides is 1. The maximum Gasteiger partial charge on any atom is 0.240 e. The lowest BCUT2D eigenvalue weighted by molar-refractivity contribution is -0.122. The summed E-state index contributed by atoms with van der Waals surface area (Å²) in [7, 11) is -3.61. The van der Waals surface area contributed by atoms with Crippen LogP contribution in [-0.4, -0.2) is 26.9 Å². The van der Waals surface area contributed by atoms with Crippen molar-refractivity contribution >= 4 is 27.5 Å². The molecule has 0 spiro atoms. The van der Waals surface area contributed by atoms with Crippen molar-refractivity contribution in [1.82, 2.24) is 10.0 Å². The second-order valence-corrected chi connectivity index (χ2v) is 8.24. The maximum atomic E-state index is 12.1. The van der Waals surface area contributed by atoms with Crippen LogP contribution in [0.15, 0.2) is 29.2 Å². The van der Waals surface area contributed by atoms with Gasteiger partial charge < -0.3 is 5.32 Å². The molecule has 128 valence electrons. The summed E-state index contributed by atoms with van der Waals surface area (Å²) in [4.78, 5) is 12.1. The molecule has 0 unspecified atom stereocenters. The molecular formula is C16H23ClN2O3S. The number of amides is 1. The fraction of sp³-hybridized carbons (Fsp3) is 0.562. The van der Waals surface area contributed by atoms with Gasteiger partial charge in [0.05, 0.1) is 4.90 Å². The van der Waals surface area contributed by atoms with E-state index in [1.807, 2.05) is 0 Å². The first-order valence-electron chi connectivity index (χ1n) is 7.93. The standard InChI is InChI=1S/C16H23ClN2O3S/c1-12-4-2-3-5-15(12)19-16(20)10-11-18-23(21,22)14-8-6-13(17)7-9-14/h6-9,12,15,18H,2-5,10-11H2,1H3,(H,19,20)/t12-,15-/m1/s1. The SMILES string of the molecule is C[C@@H]1CCCC[C@H]1NC(=O)CCNS(=O)(=O)c1ccc(Cl)cc1. The highest BCUT2D eigenvalue weighted by Crippen LogP contribution is 2.23. The molecule has 1 amide bonds. The summed E-state index contributed by atoms with van der Waals surface area (Å²) >= 11 is 5.74. The van der Waals surface area contributed by atoms with Gasteiger partial charge in [-0.05, 0) is 43.0 Å². The van der Waals surface area contributed by atoms with Crippen LogP contribution in [0.2, 0.25) is 5.02 Å². The van der Waals surface area contributed by atoms with Crippen molar-refractivity contribution in [3.8, 4) is 0 Å². The van der Waals surface area contributed by atoms with Crippen molar-refractivity contribution in [2.75, 3.05) is 6.54 Å². The molecule has 2 atom stereocenters. The predicted molar refractivity (Wildman–Crippen MR) is 90.8 cm³/mol. The largest absolute Gasteiger partial charge is 0.353 e. The van der Waals surface area contributed by atoms with E-state index in [2.05, 4.69) is 17.0 Å². The molecule has 23 heavy (non-hydrogen) atoms. The highest BCUT2D eigenvalue weighted by atomic mass is 35.5. The number of halogens is 1. The monoisotopic (exact) mass is 358 g/mol. The number of rotatable bonds is 6. The summed E-state index contributed by atoms with van der Waals surface area (Å²) in [6.07, 6.45) is 4.63. The van der Waals surface area contributed by atoms with E-state index < -0.39 is 10.0 Å². The lowest BCUT2D eigenvalue weighted by atomic mass is 9.86. The molecule has 2 N–H and O–H groups in total. The third-order valence-electron chi connectivity index (χ3n) is 4.23. The lowest BCUT2D eigenvalue weighted by Crippen LogP contribution is -2.42. The summed E-state index contributed by atoms with van der Waals surface area (Å²) in [5.41, 5.74) is 0. The van der Waals surface area contributed by atoms with E-state index >= 15 is 0 Å². The minimum Gasteiger partial charge on any atom is -0.353 e. The van der Waals surface area contributed by atoms with Crippen LogP contribution in [0.1, 0.15) is 39.0 Å². The molecule has 5 nitrogen and oxygen atoms in total. The minimum absolute atomic E-state index is 0.0812. The van der Waals surface area contributed by atoms with Gasteiger partial charge in [-0.3, -0.25) is 4.79 Å². The first-order valence-corrected chi connectivity index (χ1v) is 9.79. The van der Waals surface area contributed by atoms with Crippen LogP contribution >= 0.6 is 11.6 Å². The lowest BCUT2D eigenvalue weighted by Gasteiger charge is -2.29. The topological polar surface area (TPSA) is 75.3 Å². The Kier molecular flexibility index (Phi) is 6.44. The van der Waals surface area contributed by atoms with Crippen LogP contribution in [0.25, 0.3) is 0 Å². The molecule has 1 aromatic carbocycles. The van der Waals surface area contributed by atoms with Gasteiger partial charge in [-0.25, -0.2) is 13.1 Å². The fourth-order valence-corrected chi connectivity index (χ4v) is 3.96. The molecule has 0 saturated heterocycles. The Balaban J connectivity index is 1.79. The van der Waals surface area contributed by atoms with Crippen LogP contribution in [0.3, 0.4) is 0 Å². The highest BCUT2D eigenvalue weighted by Gasteiger charge is 2.22. The Morgan fingerprint density at radius 2 is 1.87 bits per heavy atom. The van der Waals surface area contributed by atoms with Crippen molar-refractivity contribution in [2.24, 2.45) is 5.92 Å². The molecule has 1 aliphatic carbocycles. The van der Waals surface area contributed by atoms with Gasteiger partial charge in [-0.1, -0.05) is 31.4 Å². The van der Waals surface area contributed by atoms with Crippen molar-refractivity contribution in [2.45, 2.75) is 50.0 Å². The molecule has 7 heteroatoms. The quantitative estimate of drug-likeness (QED) is 0.821. The number of carbonyl (C=O) groups is 1. The van der Waals surface area contributed by atoms with E-state index in [4.69, 9.17) is 11.6 Å². The summed E-state index contributed by atoms with van der Waals surface area (Å²) in [5, 5.41) is 3.49. The van der Waals surface area contributed by atoms with E-state index in [0.717, 1.165) is 19.3 Å². The Bertz CT molecular complexity index is 631. The van der Waals surface area contributed by atoms with Gasteiger partial charge >= 0.3 is 0 Å². The van der Waals surface area contributed by atoms with Crippen molar-refractivity contribution in [3.05, 3.63) is 29.3 Å². The molecule has 1 aromatic rings. The van der Waals surface area contributed by atoms with E-state index in [-0.39, 0.29) is 29.8 Å². The van der Waals surface area contributed by atoms with E-state index in [1.165, 1.54) is 30.7 Å². The van der Waals surface area contributed by atoms with E-state index in [0.29, 0.717) is 10.9 Å². The number of carbonyl (C=O) groups excluding carboxylic acids is 1. The Hall–Kier alpha value is -1.11. The van der Waals surface area contributed by atoms with Crippen molar-refractivity contribution in [1.29, 1.82) is 0 Å². The summed E-state index contributed by atoms with van der Waals surface area (Å²) in [6.45, 7) is 2.23. The Labute approximate surface area is 142 Å². The summed E-state index contributed by atoms with van der Waals surface area (Å²) in [6, 6.07) is 6.13. The third kappa shape index (κ3) is 5.48. The normalized spacial score (nSPS) is 21.8. The highest BCUT2D eigenvalue weighted by molar-refractivity contribution is 7.89. The van der Waals surface area contributed by atoms with Gasteiger partial charge in [0, 0.05) is 24.0 Å². The zero-order valence-corrected chi connectivity index (χ0v) is 14.8. The first-order chi connectivity index (χ1) is 10.9. The summed E-state index contributed by atoms with van der Waals surface area (Å²) < 4.78 is 26.6. The summed E-state index contributed by atoms with van der Waals surface area (Å²) in [5.74, 6) is 0.376. The van der Waals surface area contributed by atoms with Crippen LogP contribution in [0.4, 0.5) is 0 Å². The van der Waals surface area contributed by atoms with Gasteiger partial charge in [0.25, 0.3) is 0 Å². The molecular weight excluding hydrogens is 336 g/mol. The van der Waals surface area contributed by atoms with Crippen LogP contribution in [0, 0.1) is 5.92 Å².